The number of carbonyl (C=O) groups excluding carboxylic acids is 1. The Kier molecular flexibility index (Phi) is 7.33. The maximum Gasteiger partial charge on any atom is 0.236 e. The number of carbonyl (C=O) groups is 1. The first-order valence-corrected chi connectivity index (χ1v) is 10.9. The van der Waals surface area contributed by atoms with Gasteiger partial charge in [0, 0.05) is 12.7 Å². The molecule has 2 heterocycles. The summed E-state index contributed by atoms with van der Waals surface area (Å²) in [4.78, 5) is 16.3. The van der Waals surface area contributed by atoms with Gasteiger partial charge in [-0.05, 0) is 63.1 Å². The van der Waals surface area contributed by atoms with Gasteiger partial charge in [0.15, 0.2) is 17.1 Å². The minimum atomic E-state index is -0.277. The van der Waals surface area contributed by atoms with Gasteiger partial charge in [0.2, 0.25) is 5.91 Å². The second-order valence-corrected chi connectivity index (χ2v) is 8.17. The zero-order chi connectivity index (χ0) is 21.7. The van der Waals surface area contributed by atoms with Crippen LogP contribution in [-0.2, 0) is 11.3 Å². The molecule has 1 N–H and O–H groups in total. The SMILES string of the molecule is CCn1c(SCC(=O)Nc2ccc(Cl)cn2)nnc1C(C)Oc1ccc(C)c(C)c1. The molecule has 158 valence electrons. The highest BCUT2D eigenvalue weighted by molar-refractivity contribution is 7.99. The second kappa shape index (κ2) is 9.95. The molecule has 1 amide bonds. The van der Waals surface area contributed by atoms with Gasteiger partial charge in [0.1, 0.15) is 11.6 Å². The lowest BCUT2D eigenvalue weighted by molar-refractivity contribution is -0.113. The third-order valence-corrected chi connectivity index (χ3v) is 5.73. The summed E-state index contributed by atoms with van der Waals surface area (Å²) in [5.41, 5.74) is 2.39. The van der Waals surface area contributed by atoms with Crippen molar-refractivity contribution in [2.24, 2.45) is 0 Å². The molecule has 0 fully saturated rings. The predicted molar refractivity (Wildman–Crippen MR) is 119 cm³/mol. The van der Waals surface area contributed by atoms with E-state index in [1.165, 1.54) is 29.1 Å². The average Bonchev–Trinajstić information content (AvgIpc) is 3.14. The van der Waals surface area contributed by atoms with E-state index in [0.717, 1.165) is 11.6 Å². The maximum atomic E-state index is 12.2. The fraction of sp³-hybridized carbons (Fsp3) is 0.333. The molecule has 1 unspecified atom stereocenters. The van der Waals surface area contributed by atoms with E-state index in [1.807, 2.05) is 36.6 Å². The molecule has 7 nitrogen and oxygen atoms in total. The molecular weight excluding hydrogens is 422 g/mol. The van der Waals surface area contributed by atoms with Crippen molar-refractivity contribution in [3.8, 4) is 5.75 Å². The number of halogens is 1. The van der Waals surface area contributed by atoms with Crippen LogP contribution in [0.4, 0.5) is 5.82 Å². The number of hydrogen-bond donors (Lipinski definition) is 1. The van der Waals surface area contributed by atoms with Crippen LogP contribution in [0.15, 0.2) is 41.7 Å². The van der Waals surface area contributed by atoms with Gasteiger partial charge >= 0.3 is 0 Å². The summed E-state index contributed by atoms with van der Waals surface area (Å²) < 4.78 is 8.04. The lowest BCUT2D eigenvalue weighted by Crippen LogP contribution is -2.16. The summed E-state index contributed by atoms with van der Waals surface area (Å²) >= 11 is 7.13. The average molecular weight is 446 g/mol. The van der Waals surface area contributed by atoms with Crippen LogP contribution in [-0.4, -0.2) is 31.4 Å². The Morgan fingerprint density at radius 1 is 1.23 bits per heavy atom. The third kappa shape index (κ3) is 5.52. The van der Waals surface area contributed by atoms with E-state index in [1.54, 1.807) is 12.1 Å². The molecule has 0 aliphatic rings. The van der Waals surface area contributed by atoms with Crippen molar-refractivity contribution in [2.45, 2.75) is 45.5 Å². The number of thioether (sulfide) groups is 1. The molecule has 0 aliphatic heterocycles. The number of nitrogens with one attached hydrogen (secondary N) is 1. The number of benzene rings is 1. The Hall–Kier alpha value is -2.58. The molecule has 9 heteroatoms. The first-order valence-electron chi connectivity index (χ1n) is 9.58. The molecule has 0 saturated heterocycles. The molecule has 0 aliphatic carbocycles. The topological polar surface area (TPSA) is 81.9 Å². The van der Waals surface area contributed by atoms with E-state index in [-0.39, 0.29) is 17.8 Å². The Morgan fingerprint density at radius 2 is 2.03 bits per heavy atom. The van der Waals surface area contributed by atoms with Gasteiger partial charge in [-0.25, -0.2) is 4.98 Å². The highest BCUT2D eigenvalue weighted by Gasteiger charge is 2.19. The summed E-state index contributed by atoms with van der Waals surface area (Å²) in [5.74, 6) is 1.98. The van der Waals surface area contributed by atoms with E-state index >= 15 is 0 Å². The molecular formula is C21H24ClN5O2S. The molecule has 1 atom stereocenters. The van der Waals surface area contributed by atoms with Crippen molar-refractivity contribution in [1.29, 1.82) is 0 Å². The number of anilines is 1. The first kappa shape index (κ1) is 22.1. The standard InChI is InChI=1S/C21H24ClN5O2S/c1-5-27-20(15(4)29-17-8-6-13(2)14(3)10-17)25-26-21(27)30-12-19(28)24-18-9-7-16(22)11-23-18/h6-11,15H,5,12H2,1-4H3,(H,23,24,28). The zero-order valence-electron chi connectivity index (χ0n) is 17.3. The number of aromatic nitrogens is 4. The molecule has 0 saturated carbocycles. The van der Waals surface area contributed by atoms with Gasteiger partial charge in [0.25, 0.3) is 0 Å². The Balaban J connectivity index is 1.63. The lowest BCUT2D eigenvalue weighted by atomic mass is 10.1. The van der Waals surface area contributed by atoms with Gasteiger partial charge in [-0.1, -0.05) is 29.4 Å². The van der Waals surface area contributed by atoms with Crippen molar-refractivity contribution in [3.05, 3.63) is 58.5 Å². The molecule has 30 heavy (non-hydrogen) atoms. The normalized spacial score (nSPS) is 11.9. The molecule has 0 bridgehead atoms. The van der Waals surface area contributed by atoms with Gasteiger partial charge < -0.3 is 14.6 Å². The quantitative estimate of drug-likeness (QED) is 0.500. The molecule has 0 spiro atoms. The number of hydrogen-bond acceptors (Lipinski definition) is 6. The van der Waals surface area contributed by atoms with E-state index in [0.29, 0.717) is 22.5 Å². The number of nitrogens with zero attached hydrogens (tertiary/aromatic N) is 4. The first-order chi connectivity index (χ1) is 14.4. The van der Waals surface area contributed by atoms with Crippen LogP contribution in [0.1, 0.15) is 36.9 Å². The van der Waals surface area contributed by atoms with Crippen LogP contribution in [0.25, 0.3) is 0 Å². The number of rotatable bonds is 8. The fourth-order valence-corrected chi connectivity index (χ4v) is 3.73. The summed E-state index contributed by atoms with van der Waals surface area (Å²) in [6.07, 6.45) is 1.21. The fourth-order valence-electron chi connectivity index (χ4n) is 2.81. The third-order valence-electron chi connectivity index (χ3n) is 4.54. The predicted octanol–water partition coefficient (Wildman–Crippen LogP) is 4.83. The van der Waals surface area contributed by atoms with Crippen molar-refractivity contribution in [1.82, 2.24) is 19.7 Å². The second-order valence-electron chi connectivity index (χ2n) is 6.79. The number of pyridine rings is 1. The summed E-state index contributed by atoms with van der Waals surface area (Å²) in [7, 11) is 0. The maximum absolute atomic E-state index is 12.2. The van der Waals surface area contributed by atoms with Crippen LogP contribution in [0.5, 0.6) is 5.75 Å². The van der Waals surface area contributed by atoms with E-state index < -0.39 is 0 Å². The van der Waals surface area contributed by atoms with Crippen molar-refractivity contribution < 1.29 is 9.53 Å². The molecule has 0 radical (unpaired) electrons. The smallest absolute Gasteiger partial charge is 0.236 e. The largest absolute Gasteiger partial charge is 0.483 e. The van der Waals surface area contributed by atoms with Crippen LogP contribution < -0.4 is 10.1 Å². The lowest BCUT2D eigenvalue weighted by Gasteiger charge is -2.16. The zero-order valence-corrected chi connectivity index (χ0v) is 18.9. The monoisotopic (exact) mass is 445 g/mol. The van der Waals surface area contributed by atoms with E-state index in [2.05, 4.69) is 34.3 Å². The summed E-state index contributed by atoms with van der Waals surface area (Å²) in [6, 6.07) is 9.34. The highest BCUT2D eigenvalue weighted by atomic mass is 35.5. The molecule has 2 aromatic heterocycles. The minimum absolute atomic E-state index is 0.179. The van der Waals surface area contributed by atoms with Gasteiger partial charge in [0.05, 0.1) is 10.8 Å². The van der Waals surface area contributed by atoms with Gasteiger partial charge in [-0.3, -0.25) is 4.79 Å². The molecule has 3 rings (SSSR count). The van der Waals surface area contributed by atoms with Gasteiger partial charge in [-0.2, -0.15) is 0 Å². The van der Waals surface area contributed by atoms with Crippen LogP contribution >= 0.6 is 23.4 Å². The minimum Gasteiger partial charge on any atom is -0.483 e. The Morgan fingerprint density at radius 3 is 2.70 bits per heavy atom. The van der Waals surface area contributed by atoms with Crippen LogP contribution in [0, 0.1) is 13.8 Å². The summed E-state index contributed by atoms with van der Waals surface area (Å²) in [5, 5.41) is 12.5. The van der Waals surface area contributed by atoms with Crippen LogP contribution in [0.3, 0.4) is 0 Å². The Labute approximate surface area is 185 Å². The number of amides is 1. The highest BCUT2D eigenvalue weighted by Crippen LogP contribution is 2.26. The Bertz CT molecular complexity index is 1020. The number of aryl methyl sites for hydroxylation is 2. The summed E-state index contributed by atoms with van der Waals surface area (Å²) in [6.45, 7) is 8.75. The van der Waals surface area contributed by atoms with Gasteiger partial charge in [-0.15, -0.1) is 10.2 Å². The van der Waals surface area contributed by atoms with E-state index in [4.69, 9.17) is 16.3 Å². The van der Waals surface area contributed by atoms with Crippen molar-refractivity contribution in [3.63, 3.8) is 0 Å². The molecule has 1 aromatic carbocycles. The van der Waals surface area contributed by atoms with E-state index in [9.17, 15) is 4.79 Å². The van der Waals surface area contributed by atoms with Crippen molar-refractivity contribution in [2.75, 3.05) is 11.1 Å². The number of ether oxygens (including phenoxy) is 1. The van der Waals surface area contributed by atoms with Crippen LogP contribution in [0.2, 0.25) is 5.02 Å². The molecule has 3 aromatic rings. The van der Waals surface area contributed by atoms with Crippen molar-refractivity contribution >= 4 is 35.1 Å².